The predicted molar refractivity (Wildman–Crippen MR) is 115 cm³/mol. The number of fused-ring (bicyclic) bond motifs is 1. The number of rotatable bonds is 6. The Hall–Kier alpha value is -4.12. The summed E-state index contributed by atoms with van der Waals surface area (Å²) in [6, 6.07) is 8.97. The molecule has 0 aliphatic rings. The number of imidazole rings is 1. The van der Waals surface area contributed by atoms with Gasteiger partial charge in [0.05, 0.1) is 17.1 Å². The zero-order chi connectivity index (χ0) is 22.8. The minimum Gasteiger partial charge on any atom is -0.462 e. The standard InChI is InChI=1S/C21H15FN4O5S/c1-2-31-20(28)14-9-13(10-16(11-14)26(29)30)19(27)24-18-17(12-3-5-15(22)6-4-12)23-21-25(18)7-8-32-21/h3-11H,2H2,1H3,(H,24,27). The van der Waals surface area contributed by atoms with Crippen molar-refractivity contribution >= 4 is 39.7 Å². The smallest absolute Gasteiger partial charge is 0.338 e. The van der Waals surface area contributed by atoms with E-state index >= 15 is 0 Å². The highest BCUT2D eigenvalue weighted by atomic mass is 32.1. The van der Waals surface area contributed by atoms with Gasteiger partial charge in [0.2, 0.25) is 0 Å². The molecule has 0 unspecified atom stereocenters. The molecular weight excluding hydrogens is 439 g/mol. The topological polar surface area (TPSA) is 116 Å². The largest absolute Gasteiger partial charge is 0.462 e. The molecule has 0 atom stereocenters. The zero-order valence-electron chi connectivity index (χ0n) is 16.6. The Labute approximate surface area is 184 Å². The number of carbonyl (C=O) groups is 2. The van der Waals surface area contributed by atoms with Crippen molar-refractivity contribution in [3.05, 3.63) is 81.1 Å². The molecular formula is C21H15FN4O5S. The lowest BCUT2D eigenvalue weighted by Gasteiger charge is -2.09. The molecule has 11 heteroatoms. The summed E-state index contributed by atoms with van der Waals surface area (Å²) < 4.78 is 19.9. The number of nitrogens with one attached hydrogen (secondary N) is 1. The number of nitrogens with zero attached hydrogens (tertiary/aromatic N) is 3. The summed E-state index contributed by atoms with van der Waals surface area (Å²) in [4.78, 5) is 40.8. The summed E-state index contributed by atoms with van der Waals surface area (Å²) in [7, 11) is 0. The molecule has 4 rings (SSSR count). The van der Waals surface area contributed by atoms with Gasteiger partial charge in [-0.2, -0.15) is 0 Å². The molecule has 0 bridgehead atoms. The molecule has 0 aliphatic carbocycles. The molecule has 0 saturated carbocycles. The van der Waals surface area contributed by atoms with E-state index in [2.05, 4.69) is 10.3 Å². The first-order valence-electron chi connectivity index (χ1n) is 9.37. The molecule has 0 radical (unpaired) electrons. The van der Waals surface area contributed by atoms with Gasteiger partial charge in [0.25, 0.3) is 11.6 Å². The Morgan fingerprint density at radius 1 is 1.22 bits per heavy atom. The van der Waals surface area contributed by atoms with Crippen molar-refractivity contribution in [2.24, 2.45) is 0 Å². The Bertz CT molecular complexity index is 1350. The second-order valence-electron chi connectivity index (χ2n) is 6.57. The molecule has 0 aliphatic heterocycles. The second kappa shape index (κ2) is 8.55. The fourth-order valence-electron chi connectivity index (χ4n) is 3.07. The molecule has 1 N–H and O–H groups in total. The SMILES string of the molecule is CCOC(=O)c1cc(C(=O)Nc2c(-c3ccc(F)cc3)nc3sccn23)cc([N+](=O)[O-])c1. The summed E-state index contributed by atoms with van der Waals surface area (Å²) >= 11 is 1.34. The number of aromatic nitrogens is 2. The Balaban J connectivity index is 1.75. The van der Waals surface area contributed by atoms with Gasteiger partial charge in [0.15, 0.2) is 4.96 Å². The van der Waals surface area contributed by atoms with E-state index in [-0.39, 0.29) is 17.7 Å². The summed E-state index contributed by atoms with van der Waals surface area (Å²) in [5, 5.41) is 15.8. The first-order chi connectivity index (χ1) is 15.4. The average Bonchev–Trinajstić information content (AvgIpc) is 3.36. The Morgan fingerprint density at radius 2 is 1.94 bits per heavy atom. The lowest BCUT2D eigenvalue weighted by atomic mass is 10.1. The molecule has 1 amide bonds. The maximum absolute atomic E-state index is 13.4. The minimum absolute atomic E-state index is 0.0794. The molecule has 162 valence electrons. The van der Waals surface area contributed by atoms with Gasteiger partial charge in [-0.3, -0.25) is 19.3 Å². The maximum atomic E-state index is 13.4. The molecule has 2 heterocycles. The number of amides is 1. The van der Waals surface area contributed by atoms with Gasteiger partial charge in [-0.25, -0.2) is 14.2 Å². The van der Waals surface area contributed by atoms with Crippen molar-refractivity contribution < 1.29 is 23.6 Å². The molecule has 0 fully saturated rings. The number of nitro benzene ring substituents is 1. The lowest BCUT2D eigenvalue weighted by Crippen LogP contribution is -2.15. The van der Waals surface area contributed by atoms with Crippen LogP contribution in [-0.2, 0) is 4.74 Å². The summed E-state index contributed by atoms with van der Waals surface area (Å²) in [6.45, 7) is 1.68. The first-order valence-corrected chi connectivity index (χ1v) is 10.2. The number of ether oxygens (including phenoxy) is 1. The third-order valence-electron chi connectivity index (χ3n) is 4.51. The highest BCUT2D eigenvalue weighted by Gasteiger charge is 2.22. The van der Waals surface area contributed by atoms with Gasteiger partial charge in [0.1, 0.15) is 17.3 Å². The number of hydrogen-bond donors (Lipinski definition) is 1. The van der Waals surface area contributed by atoms with Crippen LogP contribution < -0.4 is 5.32 Å². The fourth-order valence-corrected chi connectivity index (χ4v) is 3.79. The van der Waals surface area contributed by atoms with Gasteiger partial charge in [-0.15, -0.1) is 11.3 Å². The molecule has 4 aromatic rings. The molecule has 0 spiro atoms. The molecule has 2 aromatic carbocycles. The number of thiazole rings is 1. The van der Waals surface area contributed by atoms with E-state index in [4.69, 9.17) is 4.74 Å². The van der Waals surface area contributed by atoms with E-state index in [1.807, 2.05) is 0 Å². The number of halogens is 1. The van der Waals surface area contributed by atoms with Gasteiger partial charge in [0, 0.05) is 34.8 Å². The third-order valence-corrected chi connectivity index (χ3v) is 5.27. The highest BCUT2D eigenvalue weighted by molar-refractivity contribution is 7.15. The van der Waals surface area contributed by atoms with Gasteiger partial charge >= 0.3 is 5.97 Å². The van der Waals surface area contributed by atoms with E-state index in [0.29, 0.717) is 22.0 Å². The van der Waals surface area contributed by atoms with E-state index in [0.717, 1.165) is 12.1 Å². The van der Waals surface area contributed by atoms with Crippen LogP contribution in [0.4, 0.5) is 15.9 Å². The van der Waals surface area contributed by atoms with Crippen LogP contribution in [0.1, 0.15) is 27.6 Å². The van der Waals surface area contributed by atoms with E-state index in [1.165, 1.54) is 41.7 Å². The van der Waals surface area contributed by atoms with E-state index < -0.39 is 28.3 Å². The van der Waals surface area contributed by atoms with Gasteiger partial charge in [-0.1, -0.05) is 0 Å². The number of anilines is 1. The van der Waals surface area contributed by atoms with Crippen molar-refractivity contribution in [1.29, 1.82) is 0 Å². The van der Waals surface area contributed by atoms with E-state index in [9.17, 15) is 24.1 Å². The Kier molecular flexibility index (Phi) is 5.65. The number of nitro groups is 1. The van der Waals surface area contributed by atoms with Crippen molar-refractivity contribution in [3.8, 4) is 11.3 Å². The normalized spacial score (nSPS) is 10.8. The fraction of sp³-hybridized carbons (Fsp3) is 0.0952. The number of carbonyl (C=O) groups excluding carboxylic acids is 2. The van der Waals surface area contributed by atoms with Gasteiger partial charge < -0.3 is 10.1 Å². The lowest BCUT2D eigenvalue weighted by molar-refractivity contribution is -0.384. The van der Waals surface area contributed by atoms with Crippen LogP contribution in [0.5, 0.6) is 0 Å². The average molecular weight is 454 g/mol. The maximum Gasteiger partial charge on any atom is 0.338 e. The van der Waals surface area contributed by atoms with Crippen LogP contribution in [0.3, 0.4) is 0 Å². The first kappa shape index (κ1) is 21.1. The molecule has 9 nitrogen and oxygen atoms in total. The van der Waals surface area contributed by atoms with Crippen LogP contribution in [0.25, 0.3) is 16.2 Å². The van der Waals surface area contributed by atoms with Crippen LogP contribution in [0.2, 0.25) is 0 Å². The monoisotopic (exact) mass is 454 g/mol. The highest BCUT2D eigenvalue weighted by Crippen LogP contribution is 2.31. The van der Waals surface area contributed by atoms with Crippen LogP contribution in [-0.4, -0.2) is 32.8 Å². The molecule has 32 heavy (non-hydrogen) atoms. The zero-order valence-corrected chi connectivity index (χ0v) is 17.4. The number of esters is 1. The number of hydrogen-bond acceptors (Lipinski definition) is 7. The van der Waals surface area contributed by atoms with Crippen LogP contribution in [0, 0.1) is 15.9 Å². The minimum atomic E-state index is -0.776. The summed E-state index contributed by atoms with van der Waals surface area (Å²) in [5.74, 6) is -1.57. The number of benzene rings is 2. The quantitative estimate of drug-likeness (QED) is 0.260. The summed E-state index contributed by atoms with van der Waals surface area (Å²) in [5.41, 5.74) is 0.343. The Morgan fingerprint density at radius 3 is 2.62 bits per heavy atom. The third kappa shape index (κ3) is 4.05. The van der Waals surface area contributed by atoms with Crippen LogP contribution >= 0.6 is 11.3 Å². The molecule has 0 saturated heterocycles. The second-order valence-corrected chi connectivity index (χ2v) is 7.44. The van der Waals surface area contributed by atoms with Crippen molar-refractivity contribution in [2.45, 2.75) is 6.92 Å². The van der Waals surface area contributed by atoms with Crippen molar-refractivity contribution in [3.63, 3.8) is 0 Å². The predicted octanol–water partition coefficient (Wildman–Crippen LogP) is 4.54. The van der Waals surface area contributed by atoms with Crippen LogP contribution in [0.15, 0.2) is 54.0 Å². The van der Waals surface area contributed by atoms with Crippen molar-refractivity contribution in [1.82, 2.24) is 9.38 Å². The summed E-state index contributed by atoms with van der Waals surface area (Å²) in [6.07, 6.45) is 1.70. The number of non-ortho nitro benzene ring substituents is 1. The molecule has 2 aromatic heterocycles. The van der Waals surface area contributed by atoms with Crippen molar-refractivity contribution in [2.75, 3.05) is 11.9 Å². The van der Waals surface area contributed by atoms with Gasteiger partial charge in [-0.05, 0) is 37.3 Å². The van der Waals surface area contributed by atoms with E-state index in [1.54, 1.807) is 22.9 Å².